The smallest absolute Gasteiger partial charge is 0.268 e. The molecule has 0 radical (unpaired) electrons. The average Bonchev–Trinajstić information content (AvgIpc) is 2.77. The summed E-state index contributed by atoms with van der Waals surface area (Å²) in [4.78, 5) is 14.6. The standard InChI is InChI=1S/C16H9BrFNOS2/c17-12-3-1-2-4-13(12)19-15(20)14(22-16(19)21)9-10-5-7-11(18)8-6-10/h1-9H. The van der Waals surface area contributed by atoms with Gasteiger partial charge in [0.05, 0.1) is 10.6 Å². The third-order valence-electron chi connectivity index (χ3n) is 3.05. The fraction of sp³-hybridized carbons (Fsp3) is 0. The number of para-hydroxylation sites is 1. The number of amides is 1. The van der Waals surface area contributed by atoms with Crippen molar-refractivity contribution in [2.45, 2.75) is 0 Å². The van der Waals surface area contributed by atoms with Crippen LogP contribution < -0.4 is 4.90 Å². The van der Waals surface area contributed by atoms with E-state index in [-0.39, 0.29) is 11.7 Å². The van der Waals surface area contributed by atoms with E-state index in [1.54, 1.807) is 18.2 Å². The van der Waals surface area contributed by atoms with Crippen LogP contribution in [0.15, 0.2) is 57.9 Å². The second-order valence-electron chi connectivity index (χ2n) is 4.52. The average molecular weight is 394 g/mol. The quantitative estimate of drug-likeness (QED) is 0.529. The molecule has 2 aromatic carbocycles. The molecule has 1 amide bonds. The number of nitrogens with zero attached hydrogens (tertiary/aromatic N) is 1. The molecule has 0 unspecified atom stereocenters. The highest BCUT2D eigenvalue weighted by Crippen LogP contribution is 2.38. The predicted octanol–water partition coefficient (Wildman–Crippen LogP) is 4.99. The van der Waals surface area contributed by atoms with Crippen molar-refractivity contribution in [2.75, 3.05) is 4.90 Å². The van der Waals surface area contributed by atoms with Crippen molar-refractivity contribution in [1.29, 1.82) is 0 Å². The molecule has 0 saturated carbocycles. The van der Waals surface area contributed by atoms with Crippen molar-refractivity contribution in [2.24, 2.45) is 0 Å². The van der Waals surface area contributed by atoms with E-state index in [9.17, 15) is 9.18 Å². The van der Waals surface area contributed by atoms with Gasteiger partial charge in [0.15, 0.2) is 4.32 Å². The van der Waals surface area contributed by atoms with Gasteiger partial charge < -0.3 is 0 Å². The highest BCUT2D eigenvalue weighted by atomic mass is 79.9. The first-order valence-electron chi connectivity index (χ1n) is 6.34. The summed E-state index contributed by atoms with van der Waals surface area (Å²) < 4.78 is 14.2. The SMILES string of the molecule is O=C1C(=Cc2ccc(F)cc2)SC(=S)N1c1ccccc1Br. The Balaban J connectivity index is 1.95. The zero-order valence-corrected chi connectivity index (χ0v) is 14.3. The number of anilines is 1. The molecule has 0 N–H and O–H groups in total. The van der Waals surface area contributed by atoms with Crippen LogP contribution in [-0.2, 0) is 4.79 Å². The molecule has 0 atom stereocenters. The first-order valence-corrected chi connectivity index (χ1v) is 8.36. The summed E-state index contributed by atoms with van der Waals surface area (Å²) in [6, 6.07) is 13.4. The van der Waals surface area contributed by atoms with Crippen molar-refractivity contribution < 1.29 is 9.18 Å². The fourth-order valence-corrected chi connectivity index (χ4v) is 3.77. The zero-order valence-electron chi connectivity index (χ0n) is 11.1. The summed E-state index contributed by atoms with van der Waals surface area (Å²) in [5, 5.41) is 0. The van der Waals surface area contributed by atoms with Gasteiger partial charge in [0.2, 0.25) is 0 Å². The number of thioether (sulfide) groups is 1. The van der Waals surface area contributed by atoms with Crippen LogP contribution in [-0.4, -0.2) is 10.2 Å². The normalized spacial score (nSPS) is 16.6. The first-order chi connectivity index (χ1) is 10.6. The van der Waals surface area contributed by atoms with Gasteiger partial charge in [0.1, 0.15) is 5.82 Å². The van der Waals surface area contributed by atoms with E-state index < -0.39 is 0 Å². The largest absolute Gasteiger partial charge is 0.270 e. The molecule has 2 aromatic rings. The van der Waals surface area contributed by atoms with Crippen LogP contribution in [0.4, 0.5) is 10.1 Å². The summed E-state index contributed by atoms with van der Waals surface area (Å²) in [6.07, 6.45) is 1.72. The van der Waals surface area contributed by atoms with Gasteiger partial charge in [-0.15, -0.1) is 0 Å². The molecule has 0 bridgehead atoms. The number of thiocarbonyl (C=S) groups is 1. The maximum atomic E-state index is 12.9. The molecule has 1 aliphatic rings. The number of carbonyl (C=O) groups excluding carboxylic acids is 1. The molecule has 1 aliphatic heterocycles. The molecule has 3 rings (SSSR count). The molecule has 1 fully saturated rings. The Morgan fingerprint density at radius 1 is 1.14 bits per heavy atom. The molecule has 1 heterocycles. The van der Waals surface area contributed by atoms with E-state index in [0.29, 0.717) is 14.9 Å². The minimum atomic E-state index is -0.307. The van der Waals surface area contributed by atoms with E-state index in [4.69, 9.17) is 12.2 Å². The maximum Gasteiger partial charge on any atom is 0.270 e. The molecular formula is C16H9BrFNOS2. The van der Waals surface area contributed by atoms with Crippen molar-refractivity contribution in [3.63, 3.8) is 0 Å². The van der Waals surface area contributed by atoms with Crippen LogP contribution in [0.1, 0.15) is 5.56 Å². The van der Waals surface area contributed by atoms with Crippen molar-refractivity contribution in [3.05, 3.63) is 69.3 Å². The molecule has 0 aliphatic carbocycles. The van der Waals surface area contributed by atoms with Crippen LogP contribution in [0.3, 0.4) is 0 Å². The molecule has 110 valence electrons. The van der Waals surface area contributed by atoms with E-state index >= 15 is 0 Å². The number of benzene rings is 2. The summed E-state index contributed by atoms with van der Waals surface area (Å²) in [6.45, 7) is 0. The molecule has 1 saturated heterocycles. The predicted molar refractivity (Wildman–Crippen MR) is 96.2 cm³/mol. The van der Waals surface area contributed by atoms with Gasteiger partial charge in [-0.2, -0.15) is 0 Å². The highest BCUT2D eigenvalue weighted by molar-refractivity contribution is 9.10. The summed E-state index contributed by atoms with van der Waals surface area (Å²) in [5.41, 5.74) is 1.47. The van der Waals surface area contributed by atoms with E-state index in [1.807, 2.05) is 24.3 Å². The number of carbonyl (C=O) groups is 1. The van der Waals surface area contributed by atoms with Crippen LogP contribution in [0.2, 0.25) is 0 Å². The molecule has 6 heteroatoms. The Bertz CT molecular complexity index is 789. The van der Waals surface area contributed by atoms with Crippen LogP contribution in [0.25, 0.3) is 6.08 Å². The molecule has 0 aromatic heterocycles. The van der Waals surface area contributed by atoms with Crippen molar-refractivity contribution in [3.8, 4) is 0 Å². The highest BCUT2D eigenvalue weighted by Gasteiger charge is 2.34. The summed E-state index contributed by atoms with van der Waals surface area (Å²) in [5.74, 6) is -0.482. The van der Waals surface area contributed by atoms with Gasteiger partial charge in [-0.25, -0.2) is 4.39 Å². The first kappa shape index (κ1) is 15.4. The van der Waals surface area contributed by atoms with Crippen LogP contribution in [0.5, 0.6) is 0 Å². The van der Waals surface area contributed by atoms with Gasteiger partial charge in [-0.1, -0.05) is 48.2 Å². The monoisotopic (exact) mass is 393 g/mol. The number of halogens is 2. The van der Waals surface area contributed by atoms with Crippen LogP contribution >= 0.6 is 39.9 Å². The molecule has 2 nitrogen and oxygen atoms in total. The van der Waals surface area contributed by atoms with Crippen molar-refractivity contribution >= 4 is 61.9 Å². The Hall–Kier alpha value is -1.50. The summed E-state index contributed by atoms with van der Waals surface area (Å²) in [7, 11) is 0. The lowest BCUT2D eigenvalue weighted by Gasteiger charge is -2.15. The van der Waals surface area contributed by atoms with E-state index in [1.165, 1.54) is 28.8 Å². The summed E-state index contributed by atoms with van der Waals surface area (Å²) >= 11 is 9.99. The number of hydrogen-bond acceptors (Lipinski definition) is 3. The lowest BCUT2D eigenvalue weighted by atomic mass is 10.2. The zero-order chi connectivity index (χ0) is 15.7. The van der Waals surface area contributed by atoms with Gasteiger partial charge in [0, 0.05) is 4.47 Å². The minimum Gasteiger partial charge on any atom is -0.268 e. The van der Waals surface area contributed by atoms with Crippen molar-refractivity contribution in [1.82, 2.24) is 0 Å². The van der Waals surface area contributed by atoms with Gasteiger partial charge in [-0.3, -0.25) is 9.69 Å². The second kappa shape index (κ2) is 6.32. The fourth-order valence-electron chi connectivity index (χ4n) is 2.02. The lowest BCUT2D eigenvalue weighted by Crippen LogP contribution is -2.27. The number of rotatable bonds is 2. The third-order valence-corrected chi connectivity index (χ3v) is 5.03. The Labute approximate surface area is 145 Å². The topological polar surface area (TPSA) is 20.3 Å². The van der Waals surface area contributed by atoms with E-state index in [0.717, 1.165) is 10.0 Å². The van der Waals surface area contributed by atoms with Crippen LogP contribution in [0, 0.1) is 5.82 Å². The Morgan fingerprint density at radius 2 is 1.82 bits per heavy atom. The van der Waals surface area contributed by atoms with Gasteiger partial charge in [0.25, 0.3) is 5.91 Å². The molecule has 0 spiro atoms. The second-order valence-corrected chi connectivity index (χ2v) is 7.05. The lowest BCUT2D eigenvalue weighted by molar-refractivity contribution is -0.113. The Morgan fingerprint density at radius 3 is 2.50 bits per heavy atom. The molecule has 22 heavy (non-hydrogen) atoms. The van der Waals surface area contributed by atoms with E-state index in [2.05, 4.69) is 15.9 Å². The minimum absolute atomic E-state index is 0.175. The third kappa shape index (κ3) is 2.99. The van der Waals surface area contributed by atoms with Gasteiger partial charge in [-0.05, 0) is 51.8 Å². The Kier molecular flexibility index (Phi) is 4.42. The maximum absolute atomic E-state index is 12.9. The number of hydrogen-bond donors (Lipinski definition) is 0. The van der Waals surface area contributed by atoms with Gasteiger partial charge >= 0.3 is 0 Å². The molecular weight excluding hydrogens is 385 g/mol.